The number of fused-ring (bicyclic) bond motifs is 1. The molecule has 0 spiro atoms. The molecule has 0 N–H and O–H groups in total. The van der Waals surface area contributed by atoms with Crippen molar-refractivity contribution in [1.82, 2.24) is 4.98 Å². The van der Waals surface area contributed by atoms with Crippen LogP contribution in [0.15, 0.2) is 24.3 Å². The maximum absolute atomic E-state index is 10.2. The summed E-state index contributed by atoms with van der Waals surface area (Å²) in [6, 6.07) is 7.92. The average molecular weight is 220 g/mol. The quantitative estimate of drug-likeness (QED) is 0.782. The van der Waals surface area contributed by atoms with Crippen molar-refractivity contribution in [3.63, 3.8) is 0 Å². The summed E-state index contributed by atoms with van der Waals surface area (Å²) in [7, 11) is 0. The molecule has 15 heavy (non-hydrogen) atoms. The Morgan fingerprint density at radius 1 is 1.40 bits per heavy atom. The minimum atomic E-state index is -0.990. The normalized spacial score (nSPS) is 10.7. The van der Waals surface area contributed by atoms with Crippen molar-refractivity contribution in [2.75, 3.05) is 0 Å². The lowest BCUT2D eigenvalue weighted by Gasteiger charge is -1.98. The number of nitrogens with zero attached hydrogens (tertiary/aromatic N) is 1. The second-order valence-corrected chi connectivity index (χ2v) is 4.42. The highest BCUT2D eigenvalue weighted by atomic mass is 32.1. The molecular formula is C11H10NO2S-. The molecule has 0 amide bonds. The number of rotatable bonds is 4. The number of hydrogen-bond acceptors (Lipinski definition) is 4. The highest BCUT2D eigenvalue weighted by Crippen LogP contribution is 2.22. The molecule has 4 heteroatoms. The standard InChI is InChI=1S/C11H11NO2S/c13-11(14)7-3-6-10-12-8-4-1-2-5-9(8)15-10/h1-2,4-5H,3,6-7H2,(H,13,14)/p-1. The van der Waals surface area contributed by atoms with Crippen molar-refractivity contribution in [3.05, 3.63) is 29.3 Å². The van der Waals surface area contributed by atoms with Crippen LogP contribution in [0.5, 0.6) is 0 Å². The van der Waals surface area contributed by atoms with Crippen LogP contribution in [0.1, 0.15) is 17.8 Å². The van der Waals surface area contributed by atoms with Gasteiger partial charge >= 0.3 is 0 Å². The Morgan fingerprint density at radius 2 is 2.20 bits per heavy atom. The summed E-state index contributed by atoms with van der Waals surface area (Å²) in [6.07, 6.45) is 1.42. The fourth-order valence-corrected chi connectivity index (χ4v) is 2.42. The molecule has 3 nitrogen and oxygen atoms in total. The van der Waals surface area contributed by atoms with Crippen LogP contribution in [0.4, 0.5) is 0 Å². The molecule has 1 aromatic carbocycles. The van der Waals surface area contributed by atoms with E-state index >= 15 is 0 Å². The van der Waals surface area contributed by atoms with E-state index in [1.54, 1.807) is 11.3 Å². The first kappa shape index (κ1) is 10.1. The molecular weight excluding hydrogens is 210 g/mol. The topological polar surface area (TPSA) is 53.0 Å². The van der Waals surface area contributed by atoms with E-state index in [0.29, 0.717) is 12.8 Å². The molecule has 1 heterocycles. The van der Waals surface area contributed by atoms with E-state index in [0.717, 1.165) is 15.2 Å². The Morgan fingerprint density at radius 3 is 2.93 bits per heavy atom. The first-order valence-corrected chi connectivity index (χ1v) is 5.61. The van der Waals surface area contributed by atoms with E-state index in [-0.39, 0.29) is 6.42 Å². The number of aryl methyl sites for hydroxylation is 1. The minimum Gasteiger partial charge on any atom is -0.550 e. The van der Waals surface area contributed by atoms with E-state index in [2.05, 4.69) is 4.98 Å². The molecule has 1 aromatic heterocycles. The maximum atomic E-state index is 10.2. The highest BCUT2D eigenvalue weighted by molar-refractivity contribution is 7.18. The molecule has 2 rings (SSSR count). The van der Waals surface area contributed by atoms with Crippen LogP contribution in [0, 0.1) is 0 Å². The fourth-order valence-electron chi connectivity index (χ4n) is 1.41. The molecule has 2 aromatic rings. The SMILES string of the molecule is O=C([O-])CCCc1nc2ccccc2s1. The van der Waals surface area contributed by atoms with Crippen LogP contribution in [-0.2, 0) is 11.2 Å². The smallest absolute Gasteiger partial charge is 0.0938 e. The number of aliphatic carboxylic acids is 1. The second kappa shape index (κ2) is 4.40. The first-order valence-electron chi connectivity index (χ1n) is 4.80. The van der Waals surface area contributed by atoms with Crippen LogP contribution in [-0.4, -0.2) is 11.0 Å². The second-order valence-electron chi connectivity index (χ2n) is 3.30. The molecule has 0 radical (unpaired) electrons. The monoisotopic (exact) mass is 220 g/mol. The number of carbonyl (C=O) groups excluding carboxylic acids is 1. The molecule has 78 valence electrons. The summed E-state index contributed by atoms with van der Waals surface area (Å²) in [6.45, 7) is 0. The zero-order chi connectivity index (χ0) is 10.7. The number of para-hydroxylation sites is 1. The Bertz CT molecular complexity index is 445. The predicted molar refractivity (Wildman–Crippen MR) is 57.6 cm³/mol. The van der Waals surface area contributed by atoms with Gasteiger partial charge in [-0.25, -0.2) is 4.98 Å². The van der Waals surface area contributed by atoms with Crippen molar-refractivity contribution in [3.8, 4) is 0 Å². The van der Waals surface area contributed by atoms with Gasteiger partial charge in [0.15, 0.2) is 0 Å². The minimum absolute atomic E-state index is 0.107. The van der Waals surface area contributed by atoms with Crippen molar-refractivity contribution in [1.29, 1.82) is 0 Å². The van der Waals surface area contributed by atoms with Crippen LogP contribution < -0.4 is 5.11 Å². The summed E-state index contributed by atoms with van der Waals surface area (Å²) < 4.78 is 1.15. The third-order valence-electron chi connectivity index (χ3n) is 2.11. The van der Waals surface area contributed by atoms with Gasteiger partial charge in [0.2, 0.25) is 0 Å². The molecule has 0 unspecified atom stereocenters. The van der Waals surface area contributed by atoms with Gasteiger partial charge in [0.25, 0.3) is 0 Å². The van der Waals surface area contributed by atoms with Crippen molar-refractivity contribution in [2.24, 2.45) is 0 Å². The molecule has 0 saturated carbocycles. The predicted octanol–water partition coefficient (Wildman–Crippen LogP) is 1.37. The summed E-state index contributed by atoms with van der Waals surface area (Å²) in [5, 5.41) is 11.2. The molecule has 0 saturated heterocycles. The number of hydrogen-bond donors (Lipinski definition) is 0. The van der Waals surface area contributed by atoms with Gasteiger partial charge in [-0.05, 0) is 31.4 Å². The van der Waals surface area contributed by atoms with Gasteiger partial charge in [0.05, 0.1) is 15.2 Å². The number of benzene rings is 1. The van der Waals surface area contributed by atoms with E-state index < -0.39 is 5.97 Å². The number of carbonyl (C=O) groups is 1. The number of thiazole rings is 1. The van der Waals surface area contributed by atoms with Crippen LogP contribution in [0.2, 0.25) is 0 Å². The largest absolute Gasteiger partial charge is 0.550 e. The van der Waals surface area contributed by atoms with Gasteiger partial charge in [-0.3, -0.25) is 0 Å². The van der Waals surface area contributed by atoms with Gasteiger partial charge in [-0.2, -0.15) is 0 Å². The Kier molecular flexibility index (Phi) is 2.97. The van der Waals surface area contributed by atoms with Crippen molar-refractivity contribution >= 4 is 27.5 Å². The number of carboxylic acids is 1. The van der Waals surface area contributed by atoms with Gasteiger partial charge in [0.1, 0.15) is 0 Å². The van der Waals surface area contributed by atoms with E-state index in [4.69, 9.17) is 0 Å². The molecule has 0 bridgehead atoms. The Balaban J connectivity index is 2.05. The third kappa shape index (κ3) is 2.53. The fraction of sp³-hybridized carbons (Fsp3) is 0.273. The van der Waals surface area contributed by atoms with Crippen LogP contribution >= 0.6 is 11.3 Å². The summed E-state index contributed by atoms with van der Waals surface area (Å²) in [4.78, 5) is 14.6. The number of carboxylic acid groups (broad SMARTS) is 1. The molecule has 0 aliphatic heterocycles. The summed E-state index contributed by atoms with van der Waals surface area (Å²) >= 11 is 1.62. The molecule has 0 aliphatic carbocycles. The van der Waals surface area contributed by atoms with E-state index in [1.165, 1.54) is 0 Å². The summed E-state index contributed by atoms with van der Waals surface area (Å²) in [5.74, 6) is -0.990. The zero-order valence-electron chi connectivity index (χ0n) is 8.10. The van der Waals surface area contributed by atoms with Crippen LogP contribution in [0.3, 0.4) is 0 Å². The van der Waals surface area contributed by atoms with Gasteiger partial charge < -0.3 is 9.90 Å². The van der Waals surface area contributed by atoms with E-state index in [9.17, 15) is 9.90 Å². The lowest BCUT2D eigenvalue weighted by Crippen LogP contribution is -2.21. The molecule has 0 fully saturated rings. The van der Waals surface area contributed by atoms with Crippen molar-refractivity contribution < 1.29 is 9.90 Å². The zero-order valence-corrected chi connectivity index (χ0v) is 8.92. The Labute approximate surface area is 91.4 Å². The Hall–Kier alpha value is -1.42. The first-order chi connectivity index (χ1) is 7.25. The number of aromatic nitrogens is 1. The average Bonchev–Trinajstić information content (AvgIpc) is 2.59. The van der Waals surface area contributed by atoms with E-state index in [1.807, 2.05) is 24.3 Å². The van der Waals surface area contributed by atoms with Gasteiger partial charge in [-0.1, -0.05) is 12.1 Å². The molecule has 0 atom stereocenters. The summed E-state index contributed by atoms with van der Waals surface area (Å²) in [5.41, 5.74) is 0.992. The lowest BCUT2D eigenvalue weighted by atomic mass is 10.2. The maximum Gasteiger partial charge on any atom is 0.0938 e. The molecule has 0 aliphatic rings. The highest BCUT2D eigenvalue weighted by Gasteiger charge is 2.02. The lowest BCUT2D eigenvalue weighted by molar-refractivity contribution is -0.305. The van der Waals surface area contributed by atoms with Gasteiger partial charge in [-0.15, -0.1) is 11.3 Å². The van der Waals surface area contributed by atoms with Crippen molar-refractivity contribution in [2.45, 2.75) is 19.3 Å². The van der Waals surface area contributed by atoms with Gasteiger partial charge in [0, 0.05) is 5.97 Å². The van der Waals surface area contributed by atoms with Crippen LogP contribution in [0.25, 0.3) is 10.2 Å². The third-order valence-corrected chi connectivity index (χ3v) is 3.21.